The van der Waals surface area contributed by atoms with E-state index in [1.807, 2.05) is 44.4 Å². The zero-order valence-corrected chi connectivity index (χ0v) is 15.1. The number of nitrogens with zero attached hydrogens (tertiary/aromatic N) is 2. The van der Waals surface area contributed by atoms with E-state index < -0.39 is 5.41 Å². The van der Waals surface area contributed by atoms with Gasteiger partial charge in [-0.1, -0.05) is 43.7 Å². The van der Waals surface area contributed by atoms with Gasteiger partial charge in [0.05, 0.1) is 16.8 Å². The van der Waals surface area contributed by atoms with E-state index in [0.29, 0.717) is 23.0 Å². The zero-order chi connectivity index (χ0) is 16.5. The summed E-state index contributed by atoms with van der Waals surface area (Å²) < 4.78 is 8.28. The largest absolute Gasteiger partial charge is 0.383 e. The minimum atomic E-state index is -0.498. The number of amides is 1. The molecule has 22 heavy (non-hydrogen) atoms. The lowest BCUT2D eigenvalue weighted by Crippen LogP contribution is -2.24. The molecule has 6 heteroatoms. The molecule has 0 N–H and O–H groups in total. The van der Waals surface area contributed by atoms with Crippen LogP contribution in [0.5, 0.6) is 0 Å². The number of aryl methyl sites for hydroxylation is 1. The number of methoxy groups -OCH3 is 1. The van der Waals surface area contributed by atoms with Crippen molar-refractivity contribution in [3.05, 3.63) is 27.5 Å². The Bertz CT molecular complexity index is 769. The number of hydrogen-bond donors (Lipinski definition) is 0. The highest BCUT2D eigenvalue weighted by Gasteiger charge is 2.21. The summed E-state index contributed by atoms with van der Waals surface area (Å²) in [6.07, 6.45) is 0. The first kappa shape index (κ1) is 17.2. The molecular formula is C16H21ClN2O2S. The van der Waals surface area contributed by atoms with Gasteiger partial charge >= 0.3 is 0 Å². The SMILES string of the molecule is COCCn1c(=NC(=O)C(C)(C)C)sc2ccc(Cl)c(C)c21. The second kappa shape index (κ2) is 6.52. The van der Waals surface area contributed by atoms with Crippen molar-refractivity contribution < 1.29 is 9.53 Å². The van der Waals surface area contributed by atoms with Gasteiger partial charge in [-0.3, -0.25) is 4.79 Å². The van der Waals surface area contributed by atoms with Crippen molar-refractivity contribution in [1.82, 2.24) is 4.57 Å². The molecule has 0 spiro atoms. The smallest absolute Gasteiger partial charge is 0.253 e. The van der Waals surface area contributed by atoms with Crippen LogP contribution in [0.3, 0.4) is 0 Å². The molecule has 0 atom stereocenters. The van der Waals surface area contributed by atoms with Crippen molar-refractivity contribution >= 4 is 39.1 Å². The molecule has 0 aliphatic carbocycles. The van der Waals surface area contributed by atoms with Gasteiger partial charge < -0.3 is 9.30 Å². The van der Waals surface area contributed by atoms with Crippen LogP contribution in [0.15, 0.2) is 17.1 Å². The molecule has 0 unspecified atom stereocenters. The maximum absolute atomic E-state index is 12.3. The van der Waals surface area contributed by atoms with Gasteiger partial charge in [0.25, 0.3) is 5.91 Å². The molecule has 1 aromatic heterocycles. The maximum Gasteiger partial charge on any atom is 0.253 e. The molecule has 0 fully saturated rings. The second-order valence-electron chi connectivity index (χ2n) is 6.22. The van der Waals surface area contributed by atoms with Gasteiger partial charge in [0.2, 0.25) is 0 Å². The maximum atomic E-state index is 12.3. The Morgan fingerprint density at radius 1 is 1.41 bits per heavy atom. The lowest BCUT2D eigenvalue weighted by atomic mass is 9.96. The van der Waals surface area contributed by atoms with E-state index in [2.05, 4.69) is 4.99 Å². The Balaban J connectivity index is 2.71. The molecule has 4 nitrogen and oxygen atoms in total. The topological polar surface area (TPSA) is 43.6 Å². The standard InChI is InChI=1S/C16H21ClN2O2S/c1-10-11(17)6-7-12-13(10)19(8-9-21-5)15(22-12)18-14(20)16(2,3)4/h6-7H,8-9H2,1-5H3. The highest BCUT2D eigenvalue weighted by molar-refractivity contribution is 7.16. The van der Waals surface area contributed by atoms with Crippen molar-refractivity contribution in [2.75, 3.05) is 13.7 Å². The molecular weight excluding hydrogens is 320 g/mol. The van der Waals surface area contributed by atoms with Gasteiger partial charge in [0.15, 0.2) is 4.80 Å². The average molecular weight is 341 g/mol. The van der Waals surface area contributed by atoms with Crippen LogP contribution in [0.25, 0.3) is 10.2 Å². The summed E-state index contributed by atoms with van der Waals surface area (Å²) in [6.45, 7) is 8.77. The fourth-order valence-corrected chi connectivity index (χ4v) is 3.31. The van der Waals surface area contributed by atoms with Crippen molar-refractivity contribution in [2.45, 2.75) is 34.2 Å². The quantitative estimate of drug-likeness (QED) is 0.853. The van der Waals surface area contributed by atoms with Gasteiger partial charge in [-0.2, -0.15) is 4.99 Å². The van der Waals surface area contributed by atoms with Crippen LogP contribution < -0.4 is 4.80 Å². The number of rotatable bonds is 3. The van der Waals surface area contributed by atoms with E-state index in [9.17, 15) is 4.79 Å². The van der Waals surface area contributed by atoms with Crippen LogP contribution >= 0.6 is 22.9 Å². The van der Waals surface area contributed by atoms with Crippen molar-refractivity contribution in [2.24, 2.45) is 10.4 Å². The first-order chi connectivity index (χ1) is 10.3. The Morgan fingerprint density at radius 3 is 2.68 bits per heavy atom. The van der Waals surface area contributed by atoms with E-state index in [1.54, 1.807) is 7.11 Å². The number of carbonyl (C=O) groups is 1. The number of benzene rings is 1. The number of hydrogen-bond acceptors (Lipinski definition) is 3. The molecule has 2 rings (SSSR count). The predicted molar refractivity (Wildman–Crippen MR) is 91.5 cm³/mol. The Hall–Kier alpha value is -1.17. The summed E-state index contributed by atoms with van der Waals surface area (Å²) in [6, 6.07) is 3.85. The average Bonchev–Trinajstić information content (AvgIpc) is 2.78. The number of halogens is 1. The molecule has 1 aromatic carbocycles. The summed E-state index contributed by atoms with van der Waals surface area (Å²) in [5.41, 5.74) is 1.52. The van der Waals surface area contributed by atoms with Crippen LogP contribution in [-0.4, -0.2) is 24.2 Å². The monoisotopic (exact) mass is 340 g/mol. The van der Waals surface area contributed by atoms with Gasteiger partial charge in [0.1, 0.15) is 0 Å². The van der Waals surface area contributed by atoms with Gasteiger partial charge in [-0.15, -0.1) is 0 Å². The molecule has 0 aliphatic rings. The molecule has 0 saturated heterocycles. The van der Waals surface area contributed by atoms with Crippen LogP contribution in [0.4, 0.5) is 0 Å². The Morgan fingerprint density at radius 2 is 2.09 bits per heavy atom. The molecule has 0 bridgehead atoms. The molecule has 0 saturated carbocycles. The molecule has 0 aliphatic heterocycles. The second-order valence-corrected chi connectivity index (χ2v) is 7.63. The lowest BCUT2D eigenvalue weighted by Gasteiger charge is -2.12. The zero-order valence-electron chi connectivity index (χ0n) is 13.6. The van der Waals surface area contributed by atoms with Crippen LogP contribution in [0, 0.1) is 12.3 Å². The minimum Gasteiger partial charge on any atom is -0.383 e. The predicted octanol–water partition coefficient (Wildman–Crippen LogP) is 3.78. The van der Waals surface area contributed by atoms with Crippen molar-refractivity contribution in [3.63, 3.8) is 0 Å². The van der Waals surface area contributed by atoms with Gasteiger partial charge in [-0.05, 0) is 24.6 Å². The number of thiazole rings is 1. The molecule has 1 amide bonds. The van der Waals surface area contributed by atoms with E-state index in [1.165, 1.54) is 11.3 Å². The number of ether oxygens (including phenoxy) is 1. The number of aromatic nitrogens is 1. The normalized spacial score (nSPS) is 13.1. The lowest BCUT2D eigenvalue weighted by molar-refractivity contribution is -0.125. The highest BCUT2D eigenvalue weighted by Crippen LogP contribution is 2.27. The summed E-state index contributed by atoms with van der Waals surface area (Å²) in [7, 11) is 1.66. The first-order valence-corrected chi connectivity index (χ1v) is 8.31. The van der Waals surface area contributed by atoms with Crippen molar-refractivity contribution in [1.29, 1.82) is 0 Å². The number of fused-ring (bicyclic) bond motifs is 1. The van der Waals surface area contributed by atoms with E-state index in [4.69, 9.17) is 16.3 Å². The Kier molecular flexibility index (Phi) is 5.10. The molecule has 2 aromatic rings. The van der Waals surface area contributed by atoms with E-state index >= 15 is 0 Å². The first-order valence-electron chi connectivity index (χ1n) is 7.12. The summed E-state index contributed by atoms with van der Waals surface area (Å²) in [5.74, 6) is -0.131. The third-order valence-electron chi connectivity index (χ3n) is 3.39. The summed E-state index contributed by atoms with van der Waals surface area (Å²) >= 11 is 7.75. The van der Waals surface area contributed by atoms with E-state index in [-0.39, 0.29) is 5.91 Å². The summed E-state index contributed by atoms with van der Waals surface area (Å²) in [5, 5.41) is 0.713. The van der Waals surface area contributed by atoms with Gasteiger partial charge in [0, 0.05) is 24.1 Å². The Labute approximate surface area is 139 Å². The molecule has 120 valence electrons. The molecule has 0 radical (unpaired) electrons. The van der Waals surface area contributed by atoms with Crippen molar-refractivity contribution in [3.8, 4) is 0 Å². The highest BCUT2D eigenvalue weighted by atomic mass is 35.5. The fourth-order valence-electron chi connectivity index (χ4n) is 2.05. The third kappa shape index (κ3) is 3.42. The van der Waals surface area contributed by atoms with Crippen LogP contribution in [0.2, 0.25) is 5.02 Å². The third-order valence-corrected chi connectivity index (χ3v) is 4.84. The van der Waals surface area contributed by atoms with E-state index in [0.717, 1.165) is 15.8 Å². The minimum absolute atomic E-state index is 0.131. The summed E-state index contributed by atoms with van der Waals surface area (Å²) in [4.78, 5) is 17.3. The van der Waals surface area contributed by atoms with Crippen LogP contribution in [-0.2, 0) is 16.1 Å². The van der Waals surface area contributed by atoms with Crippen LogP contribution in [0.1, 0.15) is 26.3 Å². The number of carbonyl (C=O) groups excluding carboxylic acids is 1. The molecule has 1 heterocycles. The van der Waals surface area contributed by atoms with Gasteiger partial charge in [-0.25, -0.2) is 0 Å². The fraction of sp³-hybridized carbons (Fsp3) is 0.500.